The molecular weight excluding hydrogens is 260 g/mol. The van der Waals surface area contributed by atoms with Gasteiger partial charge in [-0.25, -0.2) is 0 Å². The van der Waals surface area contributed by atoms with Gasteiger partial charge in [-0.3, -0.25) is 10.1 Å². The molecule has 0 radical (unpaired) electrons. The molecule has 1 heterocycles. The summed E-state index contributed by atoms with van der Waals surface area (Å²) in [7, 11) is 0. The molecule has 1 aromatic heterocycles. The number of nitrogens with zero attached hydrogens (tertiary/aromatic N) is 3. The highest BCUT2D eigenvalue weighted by Crippen LogP contribution is 2.21. The maximum Gasteiger partial charge on any atom is 0.269 e. The SMILES string of the molecule is CCNCC(C)c1nc(-c2ccc([N+](=O)[O-])cc2)no1. The molecule has 0 saturated heterocycles. The van der Waals surface area contributed by atoms with Gasteiger partial charge in [0.1, 0.15) is 0 Å². The fourth-order valence-corrected chi connectivity index (χ4v) is 1.73. The standard InChI is InChI=1S/C13H16N4O3/c1-3-14-8-9(2)13-15-12(16-20-13)10-4-6-11(7-5-10)17(18)19/h4-7,9,14H,3,8H2,1-2H3. The van der Waals surface area contributed by atoms with E-state index < -0.39 is 4.92 Å². The van der Waals surface area contributed by atoms with Gasteiger partial charge in [0.15, 0.2) is 0 Å². The van der Waals surface area contributed by atoms with Gasteiger partial charge < -0.3 is 9.84 Å². The summed E-state index contributed by atoms with van der Waals surface area (Å²) in [5.41, 5.74) is 0.735. The molecule has 0 aliphatic carbocycles. The maximum absolute atomic E-state index is 10.6. The Labute approximate surface area is 116 Å². The van der Waals surface area contributed by atoms with Gasteiger partial charge in [0.25, 0.3) is 5.69 Å². The predicted octanol–water partition coefficient (Wildman–Crippen LogP) is 2.36. The molecule has 2 rings (SSSR count). The number of aromatic nitrogens is 2. The Balaban J connectivity index is 2.13. The first-order chi connectivity index (χ1) is 9.61. The van der Waals surface area contributed by atoms with E-state index in [0.29, 0.717) is 17.3 Å². The Hall–Kier alpha value is -2.28. The molecule has 7 nitrogen and oxygen atoms in total. The van der Waals surface area contributed by atoms with E-state index in [2.05, 4.69) is 15.5 Å². The smallest absolute Gasteiger partial charge is 0.269 e. The van der Waals surface area contributed by atoms with Crippen LogP contribution in [-0.2, 0) is 0 Å². The molecule has 2 aromatic rings. The average Bonchev–Trinajstić information content (AvgIpc) is 2.94. The van der Waals surface area contributed by atoms with E-state index in [-0.39, 0.29) is 11.6 Å². The number of nitrogens with one attached hydrogen (secondary N) is 1. The lowest BCUT2D eigenvalue weighted by atomic mass is 10.1. The van der Waals surface area contributed by atoms with E-state index in [0.717, 1.165) is 13.1 Å². The van der Waals surface area contributed by atoms with Crippen molar-refractivity contribution in [1.29, 1.82) is 0 Å². The number of hydrogen-bond acceptors (Lipinski definition) is 6. The highest BCUT2D eigenvalue weighted by molar-refractivity contribution is 5.56. The number of hydrogen-bond donors (Lipinski definition) is 1. The van der Waals surface area contributed by atoms with Crippen LogP contribution < -0.4 is 5.32 Å². The Morgan fingerprint density at radius 1 is 1.40 bits per heavy atom. The fraction of sp³-hybridized carbons (Fsp3) is 0.385. The molecule has 0 saturated carbocycles. The molecule has 20 heavy (non-hydrogen) atoms. The second-order valence-corrected chi connectivity index (χ2v) is 4.47. The van der Waals surface area contributed by atoms with Gasteiger partial charge in [-0.2, -0.15) is 4.98 Å². The van der Waals surface area contributed by atoms with E-state index in [4.69, 9.17) is 4.52 Å². The number of likely N-dealkylation sites (N-methyl/N-ethyl adjacent to an activating group) is 1. The van der Waals surface area contributed by atoms with Crippen LogP contribution in [0.3, 0.4) is 0 Å². The van der Waals surface area contributed by atoms with Crippen LogP contribution >= 0.6 is 0 Å². The number of nitro groups is 1. The number of nitro benzene ring substituents is 1. The second kappa shape index (κ2) is 6.25. The Bertz CT molecular complexity index is 580. The molecule has 1 unspecified atom stereocenters. The zero-order chi connectivity index (χ0) is 14.5. The molecule has 1 atom stereocenters. The monoisotopic (exact) mass is 276 g/mol. The van der Waals surface area contributed by atoms with Crippen LogP contribution in [0.25, 0.3) is 11.4 Å². The number of rotatable bonds is 6. The first-order valence-electron chi connectivity index (χ1n) is 6.41. The summed E-state index contributed by atoms with van der Waals surface area (Å²) in [6, 6.07) is 6.07. The summed E-state index contributed by atoms with van der Waals surface area (Å²) in [4.78, 5) is 14.5. The van der Waals surface area contributed by atoms with Gasteiger partial charge in [0.05, 0.1) is 4.92 Å². The van der Waals surface area contributed by atoms with Crippen LogP contribution in [0.4, 0.5) is 5.69 Å². The molecule has 0 spiro atoms. The molecule has 106 valence electrons. The quantitative estimate of drug-likeness (QED) is 0.643. The third-order valence-electron chi connectivity index (χ3n) is 2.90. The lowest BCUT2D eigenvalue weighted by Crippen LogP contribution is -2.19. The van der Waals surface area contributed by atoms with Crippen LogP contribution in [-0.4, -0.2) is 28.2 Å². The molecule has 0 bridgehead atoms. The molecular formula is C13H16N4O3. The van der Waals surface area contributed by atoms with Crippen molar-refractivity contribution in [3.8, 4) is 11.4 Å². The number of benzene rings is 1. The summed E-state index contributed by atoms with van der Waals surface area (Å²) < 4.78 is 5.22. The topological polar surface area (TPSA) is 94.1 Å². The van der Waals surface area contributed by atoms with Gasteiger partial charge in [0, 0.05) is 30.2 Å². The first-order valence-corrected chi connectivity index (χ1v) is 6.41. The molecule has 0 fully saturated rings. The fourth-order valence-electron chi connectivity index (χ4n) is 1.73. The molecule has 0 aliphatic heterocycles. The van der Waals surface area contributed by atoms with Crippen molar-refractivity contribution < 1.29 is 9.45 Å². The van der Waals surface area contributed by atoms with Crippen molar-refractivity contribution in [2.24, 2.45) is 0 Å². The van der Waals surface area contributed by atoms with Crippen molar-refractivity contribution in [3.05, 3.63) is 40.3 Å². The molecule has 1 N–H and O–H groups in total. The molecule has 0 amide bonds. The summed E-state index contributed by atoms with van der Waals surface area (Å²) in [6.45, 7) is 5.67. The highest BCUT2D eigenvalue weighted by atomic mass is 16.6. The Morgan fingerprint density at radius 3 is 2.70 bits per heavy atom. The minimum Gasteiger partial charge on any atom is -0.339 e. The van der Waals surface area contributed by atoms with Gasteiger partial charge in [-0.1, -0.05) is 19.0 Å². The van der Waals surface area contributed by atoms with Crippen molar-refractivity contribution in [1.82, 2.24) is 15.5 Å². The lowest BCUT2D eigenvalue weighted by Gasteiger charge is -2.05. The van der Waals surface area contributed by atoms with E-state index in [1.807, 2.05) is 13.8 Å². The van der Waals surface area contributed by atoms with Crippen LogP contribution in [0.15, 0.2) is 28.8 Å². The van der Waals surface area contributed by atoms with Crippen LogP contribution in [0.5, 0.6) is 0 Å². The molecule has 1 aromatic carbocycles. The van der Waals surface area contributed by atoms with Gasteiger partial charge >= 0.3 is 0 Å². The van der Waals surface area contributed by atoms with Crippen molar-refractivity contribution in [2.75, 3.05) is 13.1 Å². The average molecular weight is 276 g/mol. The van der Waals surface area contributed by atoms with Gasteiger partial charge in [0.2, 0.25) is 11.7 Å². The zero-order valence-corrected chi connectivity index (χ0v) is 11.4. The summed E-state index contributed by atoms with van der Waals surface area (Å²) >= 11 is 0. The Kier molecular flexibility index (Phi) is 4.41. The third kappa shape index (κ3) is 3.18. The third-order valence-corrected chi connectivity index (χ3v) is 2.90. The number of non-ortho nitro benzene ring substituents is 1. The largest absolute Gasteiger partial charge is 0.339 e. The van der Waals surface area contributed by atoms with Crippen LogP contribution in [0.1, 0.15) is 25.7 Å². The van der Waals surface area contributed by atoms with Crippen molar-refractivity contribution >= 4 is 5.69 Å². The second-order valence-electron chi connectivity index (χ2n) is 4.47. The molecule has 7 heteroatoms. The lowest BCUT2D eigenvalue weighted by molar-refractivity contribution is -0.384. The maximum atomic E-state index is 10.6. The van der Waals surface area contributed by atoms with E-state index in [1.54, 1.807) is 12.1 Å². The minimum absolute atomic E-state index is 0.0398. The summed E-state index contributed by atoms with van der Waals surface area (Å²) in [5, 5.41) is 17.7. The first kappa shape index (κ1) is 14.1. The van der Waals surface area contributed by atoms with Gasteiger partial charge in [-0.05, 0) is 18.7 Å². The van der Waals surface area contributed by atoms with E-state index in [1.165, 1.54) is 12.1 Å². The highest BCUT2D eigenvalue weighted by Gasteiger charge is 2.15. The normalized spacial score (nSPS) is 12.3. The van der Waals surface area contributed by atoms with E-state index in [9.17, 15) is 10.1 Å². The summed E-state index contributed by atoms with van der Waals surface area (Å²) in [5.74, 6) is 1.12. The predicted molar refractivity (Wildman–Crippen MR) is 73.3 cm³/mol. The van der Waals surface area contributed by atoms with E-state index >= 15 is 0 Å². The van der Waals surface area contributed by atoms with Crippen LogP contribution in [0.2, 0.25) is 0 Å². The van der Waals surface area contributed by atoms with Crippen molar-refractivity contribution in [3.63, 3.8) is 0 Å². The minimum atomic E-state index is -0.441. The Morgan fingerprint density at radius 2 is 2.10 bits per heavy atom. The van der Waals surface area contributed by atoms with Crippen molar-refractivity contribution in [2.45, 2.75) is 19.8 Å². The molecule has 0 aliphatic rings. The zero-order valence-electron chi connectivity index (χ0n) is 11.4. The summed E-state index contributed by atoms with van der Waals surface area (Å²) in [6.07, 6.45) is 0. The van der Waals surface area contributed by atoms with Crippen LogP contribution in [0, 0.1) is 10.1 Å². The van der Waals surface area contributed by atoms with Gasteiger partial charge in [-0.15, -0.1) is 0 Å².